The second kappa shape index (κ2) is 4.92. The summed E-state index contributed by atoms with van der Waals surface area (Å²) in [4.78, 5) is 15.8. The Morgan fingerprint density at radius 2 is 2.50 bits per heavy atom. The third-order valence-corrected chi connectivity index (χ3v) is 2.74. The molecule has 84 valence electrons. The first-order chi connectivity index (χ1) is 7.74. The molecule has 3 heteroatoms. The van der Waals surface area contributed by atoms with Gasteiger partial charge in [-0.05, 0) is 43.4 Å². The highest BCUT2D eigenvalue weighted by Crippen LogP contribution is 2.20. The van der Waals surface area contributed by atoms with E-state index in [1.54, 1.807) is 6.20 Å². The molecule has 0 saturated carbocycles. The molecule has 0 aromatic carbocycles. The van der Waals surface area contributed by atoms with E-state index in [-0.39, 0.29) is 5.91 Å². The van der Waals surface area contributed by atoms with Crippen molar-refractivity contribution in [2.45, 2.75) is 26.2 Å². The molecule has 0 aliphatic heterocycles. The van der Waals surface area contributed by atoms with Crippen LogP contribution in [0.1, 0.15) is 24.8 Å². The fourth-order valence-electron chi connectivity index (χ4n) is 1.90. The van der Waals surface area contributed by atoms with Gasteiger partial charge in [0.25, 0.3) is 0 Å². The Morgan fingerprint density at radius 3 is 3.19 bits per heavy atom. The predicted molar refractivity (Wildman–Crippen MR) is 64.1 cm³/mol. The number of allylic oxidation sites excluding steroid dienone is 2. The van der Waals surface area contributed by atoms with Crippen LogP contribution in [0.2, 0.25) is 0 Å². The molecule has 1 aliphatic carbocycles. The second-order valence-corrected chi connectivity index (χ2v) is 4.24. The smallest absolute Gasteiger partial charge is 0.226 e. The maximum Gasteiger partial charge on any atom is 0.226 e. The molecule has 1 amide bonds. The summed E-state index contributed by atoms with van der Waals surface area (Å²) in [5.41, 5.74) is 1.10. The number of hydrogen-bond acceptors (Lipinski definition) is 2. The number of pyridine rings is 1. The Labute approximate surface area is 95.6 Å². The molecule has 1 aromatic heterocycles. The maximum absolute atomic E-state index is 11.7. The van der Waals surface area contributed by atoms with Crippen LogP contribution in [-0.4, -0.2) is 10.9 Å². The van der Waals surface area contributed by atoms with E-state index < -0.39 is 0 Å². The van der Waals surface area contributed by atoms with E-state index in [1.807, 2.05) is 19.1 Å². The van der Waals surface area contributed by atoms with E-state index in [0.717, 1.165) is 18.4 Å². The molecule has 1 aliphatic rings. The number of carbonyl (C=O) groups excluding carboxylic acids is 1. The van der Waals surface area contributed by atoms with Crippen molar-refractivity contribution in [1.82, 2.24) is 4.98 Å². The maximum atomic E-state index is 11.7. The number of hydrogen-bond donors (Lipinski definition) is 1. The highest BCUT2D eigenvalue weighted by molar-refractivity contribution is 5.90. The molecule has 1 N–H and O–H groups in total. The predicted octanol–water partition coefficient (Wildman–Crippen LogP) is 2.68. The lowest BCUT2D eigenvalue weighted by Crippen LogP contribution is -2.15. The quantitative estimate of drug-likeness (QED) is 0.789. The van der Waals surface area contributed by atoms with E-state index in [9.17, 15) is 4.79 Å². The van der Waals surface area contributed by atoms with E-state index in [4.69, 9.17) is 0 Å². The molecule has 0 bridgehead atoms. The summed E-state index contributed by atoms with van der Waals surface area (Å²) in [6.45, 7) is 1.98. The SMILES string of the molecule is Cc1ccnc(NC(=O)CC2C=CCC2)c1. The summed E-state index contributed by atoms with van der Waals surface area (Å²) in [6.07, 6.45) is 8.73. The van der Waals surface area contributed by atoms with Crippen molar-refractivity contribution in [3.63, 3.8) is 0 Å². The Kier molecular flexibility index (Phi) is 3.34. The van der Waals surface area contributed by atoms with Crippen molar-refractivity contribution in [1.29, 1.82) is 0 Å². The van der Waals surface area contributed by atoms with Crippen LogP contribution >= 0.6 is 0 Å². The van der Waals surface area contributed by atoms with Gasteiger partial charge in [-0.15, -0.1) is 0 Å². The van der Waals surface area contributed by atoms with Crippen molar-refractivity contribution < 1.29 is 4.79 Å². The Balaban J connectivity index is 1.89. The molecule has 1 atom stereocenters. The van der Waals surface area contributed by atoms with Crippen molar-refractivity contribution in [3.05, 3.63) is 36.0 Å². The molecule has 1 heterocycles. The summed E-state index contributed by atoms with van der Waals surface area (Å²) < 4.78 is 0. The Bertz CT molecular complexity index is 412. The first-order valence-corrected chi connectivity index (χ1v) is 5.63. The number of carbonyl (C=O) groups is 1. The van der Waals surface area contributed by atoms with Gasteiger partial charge in [0, 0.05) is 12.6 Å². The normalized spacial score (nSPS) is 18.7. The second-order valence-electron chi connectivity index (χ2n) is 4.24. The van der Waals surface area contributed by atoms with Gasteiger partial charge in [-0.1, -0.05) is 12.2 Å². The summed E-state index contributed by atoms with van der Waals surface area (Å²) in [7, 11) is 0. The van der Waals surface area contributed by atoms with E-state index in [1.165, 1.54) is 0 Å². The van der Waals surface area contributed by atoms with Gasteiger partial charge in [-0.3, -0.25) is 4.79 Å². The van der Waals surface area contributed by atoms with Crippen LogP contribution in [0.25, 0.3) is 0 Å². The molecule has 0 radical (unpaired) electrons. The largest absolute Gasteiger partial charge is 0.311 e. The van der Waals surface area contributed by atoms with Crippen LogP contribution in [0.5, 0.6) is 0 Å². The minimum absolute atomic E-state index is 0.0506. The molecule has 3 nitrogen and oxygen atoms in total. The topological polar surface area (TPSA) is 42.0 Å². The summed E-state index contributed by atoms with van der Waals surface area (Å²) >= 11 is 0. The average molecular weight is 216 g/mol. The number of nitrogens with zero attached hydrogens (tertiary/aromatic N) is 1. The summed E-state index contributed by atoms with van der Waals surface area (Å²) in [5.74, 6) is 1.10. The number of anilines is 1. The molecular formula is C13H16N2O. The van der Waals surface area contributed by atoms with Gasteiger partial charge < -0.3 is 5.32 Å². The molecule has 16 heavy (non-hydrogen) atoms. The zero-order valence-electron chi connectivity index (χ0n) is 9.44. The lowest BCUT2D eigenvalue weighted by atomic mass is 10.1. The van der Waals surface area contributed by atoms with E-state index >= 15 is 0 Å². The van der Waals surface area contributed by atoms with Gasteiger partial charge in [0.05, 0.1) is 0 Å². The third kappa shape index (κ3) is 2.92. The number of rotatable bonds is 3. The highest BCUT2D eigenvalue weighted by atomic mass is 16.1. The Morgan fingerprint density at radius 1 is 1.62 bits per heavy atom. The molecule has 1 aromatic rings. The standard InChI is InChI=1S/C13H16N2O/c1-10-6-7-14-12(8-10)15-13(16)9-11-4-2-3-5-11/h2,4,6-8,11H,3,5,9H2,1H3,(H,14,15,16). The van der Waals surface area contributed by atoms with Gasteiger partial charge in [-0.25, -0.2) is 4.98 Å². The van der Waals surface area contributed by atoms with Crippen LogP contribution in [0.3, 0.4) is 0 Å². The molecule has 0 spiro atoms. The molecular weight excluding hydrogens is 200 g/mol. The van der Waals surface area contributed by atoms with E-state index in [2.05, 4.69) is 22.5 Å². The minimum atomic E-state index is 0.0506. The van der Waals surface area contributed by atoms with Crippen molar-refractivity contribution >= 4 is 11.7 Å². The van der Waals surface area contributed by atoms with Crippen LogP contribution in [0.15, 0.2) is 30.5 Å². The number of aryl methyl sites for hydroxylation is 1. The monoisotopic (exact) mass is 216 g/mol. The highest BCUT2D eigenvalue weighted by Gasteiger charge is 2.14. The molecule has 1 unspecified atom stereocenters. The fraction of sp³-hybridized carbons (Fsp3) is 0.385. The average Bonchev–Trinajstić information content (AvgIpc) is 2.70. The van der Waals surface area contributed by atoms with Gasteiger partial charge in [0.15, 0.2) is 0 Å². The first kappa shape index (κ1) is 10.9. The Hall–Kier alpha value is -1.64. The van der Waals surface area contributed by atoms with Crippen LogP contribution < -0.4 is 5.32 Å². The minimum Gasteiger partial charge on any atom is -0.311 e. The first-order valence-electron chi connectivity index (χ1n) is 5.63. The van der Waals surface area contributed by atoms with Crippen molar-refractivity contribution in [2.75, 3.05) is 5.32 Å². The molecule has 2 rings (SSSR count). The van der Waals surface area contributed by atoms with Crippen LogP contribution in [0, 0.1) is 12.8 Å². The van der Waals surface area contributed by atoms with Gasteiger partial charge >= 0.3 is 0 Å². The van der Waals surface area contributed by atoms with Gasteiger partial charge in [0.1, 0.15) is 5.82 Å². The number of aromatic nitrogens is 1. The summed E-state index contributed by atoms with van der Waals surface area (Å²) in [5, 5.41) is 2.83. The third-order valence-electron chi connectivity index (χ3n) is 2.74. The lowest BCUT2D eigenvalue weighted by Gasteiger charge is -2.08. The zero-order valence-corrected chi connectivity index (χ0v) is 9.44. The lowest BCUT2D eigenvalue weighted by molar-refractivity contribution is -0.116. The number of nitrogens with one attached hydrogen (secondary N) is 1. The van der Waals surface area contributed by atoms with Crippen molar-refractivity contribution in [3.8, 4) is 0 Å². The van der Waals surface area contributed by atoms with Crippen molar-refractivity contribution in [2.24, 2.45) is 5.92 Å². The molecule has 0 saturated heterocycles. The van der Waals surface area contributed by atoms with Gasteiger partial charge in [0.2, 0.25) is 5.91 Å². The number of amides is 1. The zero-order chi connectivity index (χ0) is 11.4. The van der Waals surface area contributed by atoms with Crippen LogP contribution in [0.4, 0.5) is 5.82 Å². The van der Waals surface area contributed by atoms with Crippen LogP contribution in [-0.2, 0) is 4.79 Å². The molecule has 0 fully saturated rings. The van der Waals surface area contributed by atoms with Gasteiger partial charge in [-0.2, -0.15) is 0 Å². The fourth-order valence-corrected chi connectivity index (χ4v) is 1.90. The summed E-state index contributed by atoms with van der Waals surface area (Å²) in [6, 6.07) is 3.79. The van der Waals surface area contributed by atoms with E-state index in [0.29, 0.717) is 18.2 Å².